The highest BCUT2D eigenvalue weighted by Gasteiger charge is 2.01. The summed E-state index contributed by atoms with van der Waals surface area (Å²) in [5.74, 6) is 0. The Bertz CT molecular complexity index is 240. The molecule has 0 radical (unpaired) electrons. The first kappa shape index (κ1) is 10.3. The molecule has 0 spiro atoms. The van der Waals surface area contributed by atoms with Crippen LogP contribution in [0.4, 0.5) is 0 Å². The Hall–Kier alpha value is -0.760. The summed E-state index contributed by atoms with van der Waals surface area (Å²) >= 11 is 0. The van der Waals surface area contributed by atoms with E-state index in [2.05, 4.69) is 49.1 Å². The summed E-state index contributed by atoms with van der Waals surface area (Å²) in [6, 6.07) is 2.81. The third-order valence-corrected chi connectivity index (χ3v) is 2.45. The Morgan fingerprint density at radius 2 is 2.23 bits per heavy atom. The molecule has 2 heteroatoms. The average Bonchev–Trinajstić information content (AvgIpc) is 2.62. The molecule has 1 heterocycles. The van der Waals surface area contributed by atoms with Gasteiger partial charge in [0, 0.05) is 25.0 Å². The fourth-order valence-electron chi connectivity index (χ4n) is 1.32. The molecule has 0 aliphatic carbocycles. The smallest absolute Gasteiger partial charge is 0.0299 e. The van der Waals surface area contributed by atoms with Crippen molar-refractivity contribution in [2.45, 2.75) is 39.8 Å². The monoisotopic (exact) mass is 180 g/mol. The third-order valence-electron chi connectivity index (χ3n) is 2.45. The average molecular weight is 180 g/mol. The van der Waals surface area contributed by atoms with E-state index in [1.165, 1.54) is 12.0 Å². The summed E-state index contributed by atoms with van der Waals surface area (Å²) in [5.41, 5.74) is 1.38. The molecule has 1 atom stereocenters. The zero-order valence-electron chi connectivity index (χ0n) is 8.88. The molecule has 2 nitrogen and oxygen atoms in total. The van der Waals surface area contributed by atoms with Crippen LogP contribution >= 0.6 is 0 Å². The van der Waals surface area contributed by atoms with Crippen LogP contribution in [0.25, 0.3) is 0 Å². The Labute approximate surface area is 81.0 Å². The molecule has 1 aromatic heterocycles. The normalized spacial score (nSPS) is 13.2. The zero-order chi connectivity index (χ0) is 9.68. The zero-order valence-corrected chi connectivity index (χ0v) is 8.88. The molecule has 0 fully saturated rings. The van der Waals surface area contributed by atoms with E-state index in [-0.39, 0.29) is 0 Å². The first-order valence-electron chi connectivity index (χ1n) is 5.15. The van der Waals surface area contributed by atoms with E-state index in [0.717, 1.165) is 13.1 Å². The van der Waals surface area contributed by atoms with E-state index in [9.17, 15) is 0 Å². The summed E-state index contributed by atoms with van der Waals surface area (Å²) in [6.07, 6.45) is 5.59. The van der Waals surface area contributed by atoms with Gasteiger partial charge in [0.15, 0.2) is 0 Å². The number of nitrogens with zero attached hydrogens (tertiary/aromatic N) is 1. The minimum Gasteiger partial charge on any atom is -0.351 e. The van der Waals surface area contributed by atoms with Gasteiger partial charge in [0.1, 0.15) is 0 Å². The van der Waals surface area contributed by atoms with E-state index < -0.39 is 0 Å². The van der Waals surface area contributed by atoms with Crippen molar-refractivity contribution in [3.63, 3.8) is 0 Å². The Morgan fingerprint density at radius 3 is 2.85 bits per heavy atom. The van der Waals surface area contributed by atoms with Crippen molar-refractivity contribution >= 4 is 0 Å². The van der Waals surface area contributed by atoms with Crippen LogP contribution in [0.15, 0.2) is 18.5 Å². The largest absolute Gasteiger partial charge is 0.351 e. The lowest BCUT2D eigenvalue weighted by Gasteiger charge is -2.09. The van der Waals surface area contributed by atoms with Crippen LogP contribution in [-0.2, 0) is 6.54 Å². The predicted octanol–water partition coefficient (Wildman–Crippen LogP) is 2.57. The molecule has 0 unspecified atom stereocenters. The van der Waals surface area contributed by atoms with Crippen LogP contribution in [0.2, 0.25) is 0 Å². The molecule has 1 N–H and O–H groups in total. The van der Waals surface area contributed by atoms with Gasteiger partial charge < -0.3 is 9.88 Å². The number of hydrogen-bond acceptors (Lipinski definition) is 1. The second kappa shape index (κ2) is 5.07. The van der Waals surface area contributed by atoms with Gasteiger partial charge in [-0.3, -0.25) is 0 Å². The summed E-state index contributed by atoms with van der Waals surface area (Å²) < 4.78 is 2.28. The molecule has 0 saturated heterocycles. The lowest BCUT2D eigenvalue weighted by Crippen LogP contribution is -2.11. The Kier molecular flexibility index (Phi) is 4.03. The van der Waals surface area contributed by atoms with Gasteiger partial charge in [0.25, 0.3) is 0 Å². The molecular formula is C11H20N2. The second-order valence-corrected chi connectivity index (χ2v) is 3.50. The highest BCUT2D eigenvalue weighted by molar-refractivity contribution is 5.10. The van der Waals surface area contributed by atoms with Crippen molar-refractivity contribution in [2.75, 3.05) is 6.54 Å². The van der Waals surface area contributed by atoms with Crippen LogP contribution in [0, 0.1) is 0 Å². The summed E-state index contributed by atoms with van der Waals surface area (Å²) in [5, 5.41) is 3.32. The van der Waals surface area contributed by atoms with Gasteiger partial charge in [-0.15, -0.1) is 0 Å². The van der Waals surface area contributed by atoms with Crippen LogP contribution in [0.1, 0.15) is 38.8 Å². The lowest BCUT2D eigenvalue weighted by atomic mass is 10.2. The topological polar surface area (TPSA) is 17.0 Å². The van der Waals surface area contributed by atoms with Gasteiger partial charge in [-0.2, -0.15) is 0 Å². The summed E-state index contributed by atoms with van der Waals surface area (Å²) in [7, 11) is 0. The van der Waals surface area contributed by atoms with Crippen molar-refractivity contribution in [3.8, 4) is 0 Å². The first-order chi connectivity index (χ1) is 6.27. The van der Waals surface area contributed by atoms with Crippen molar-refractivity contribution in [3.05, 3.63) is 24.0 Å². The Morgan fingerprint density at radius 1 is 1.46 bits per heavy atom. The maximum Gasteiger partial charge on any atom is 0.0299 e. The number of aromatic nitrogens is 1. The first-order valence-corrected chi connectivity index (χ1v) is 5.15. The van der Waals surface area contributed by atoms with Crippen LogP contribution in [0.5, 0.6) is 0 Å². The minimum atomic E-state index is 0.621. The van der Waals surface area contributed by atoms with E-state index in [0.29, 0.717) is 6.04 Å². The summed E-state index contributed by atoms with van der Waals surface area (Å²) in [6.45, 7) is 8.62. The molecule has 0 aromatic carbocycles. The van der Waals surface area contributed by atoms with Crippen LogP contribution in [0.3, 0.4) is 0 Å². The molecule has 1 rings (SSSR count). The Balaban J connectivity index is 2.53. The fraction of sp³-hybridized carbons (Fsp3) is 0.636. The van der Waals surface area contributed by atoms with E-state index in [1.54, 1.807) is 0 Å². The molecule has 74 valence electrons. The molecule has 1 aromatic rings. The van der Waals surface area contributed by atoms with Crippen molar-refractivity contribution in [1.29, 1.82) is 0 Å². The number of hydrogen-bond donors (Lipinski definition) is 1. The molecule has 0 amide bonds. The van der Waals surface area contributed by atoms with Gasteiger partial charge in [-0.25, -0.2) is 0 Å². The van der Waals surface area contributed by atoms with Gasteiger partial charge in [0.2, 0.25) is 0 Å². The minimum absolute atomic E-state index is 0.621. The maximum atomic E-state index is 3.32. The fourth-order valence-corrected chi connectivity index (χ4v) is 1.32. The van der Waals surface area contributed by atoms with Crippen LogP contribution in [-0.4, -0.2) is 11.1 Å². The number of rotatable bonds is 5. The quantitative estimate of drug-likeness (QED) is 0.737. The summed E-state index contributed by atoms with van der Waals surface area (Å²) in [4.78, 5) is 0. The van der Waals surface area contributed by atoms with Gasteiger partial charge in [0.05, 0.1) is 0 Å². The predicted molar refractivity (Wildman–Crippen MR) is 56.8 cm³/mol. The van der Waals surface area contributed by atoms with Gasteiger partial charge in [-0.05, 0) is 31.5 Å². The lowest BCUT2D eigenvalue weighted by molar-refractivity contribution is 0.531. The van der Waals surface area contributed by atoms with Crippen LogP contribution < -0.4 is 5.32 Å². The molecule has 13 heavy (non-hydrogen) atoms. The highest BCUT2D eigenvalue weighted by atomic mass is 15.0. The highest BCUT2D eigenvalue weighted by Crippen LogP contribution is 2.12. The van der Waals surface area contributed by atoms with Crippen molar-refractivity contribution in [2.24, 2.45) is 0 Å². The molecule has 0 aliphatic rings. The third kappa shape index (κ3) is 2.88. The number of nitrogens with one attached hydrogen (secondary N) is 1. The molecule has 0 aliphatic heterocycles. The van der Waals surface area contributed by atoms with Gasteiger partial charge >= 0.3 is 0 Å². The van der Waals surface area contributed by atoms with Crippen molar-refractivity contribution < 1.29 is 0 Å². The molecular weight excluding hydrogens is 160 g/mol. The van der Waals surface area contributed by atoms with Gasteiger partial charge in [-0.1, -0.05) is 13.8 Å². The van der Waals surface area contributed by atoms with E-state index >= 15 is 0 Å². The second-order valence-electron chi connectivity index (χ2n) is 3.50. The standard InChI is InChI=1S/C11H20N2/c1-4-10(3)13-7-6-11(9-13)8-12-5-2/h6-7,9-10,12H,4-5,8H2,1-3H3/t10-/m1/s1. The maximum absolute atomic E-state index is 3.32. The van der Waals surface area contributed by atoms with E-state index in [4.69, 9.17) is 0 Å². The SMILES string of the molecule is CCNCc1ccn([C@H](C)CC)c1. The van der Waals surface area contributed by atoms with E-state index in [1.807, 2.05) is 0 Å². The van der Waals surface area contributed by atoms with Crippen molar-refractivity contribution in [1.82, 2.24) is 9.88 Å². The molecule has 0 saturated carbocycles. The molecule has 0 bridgehead atoms.